The Morgan fingerprint density at radius 1 is 1.22 bits per heavy atom. The molecule has 0 bridgehead atoms. The summed E-state index contributed by atoms with van der Waals surface area (Å²) in [7, 11) is 0. The summed E-state index contributed by atoms with van der Waals surface area (Å²) in [4.78, 5) is 23.4. The summed E-state index contributed by atoms with van der Waals surface area (Å²) in [5.41, 5.74) is 1.03. The lowest BCUT2D eigenvalue weighted by atomic mass is 9.98. The monoisotopic (exact) mass is 312 g/mol. The summed E-state index contributed by atoms with van der Waals surface area (Å²) in [6, 6.07) is 13.2. The van der Waals surface area contributed by atoms with Crippen molar-refractivity contribution in [2.24, 2.45) is 0 Å². The molecule has 0 amide bonds. The highest BCUT2D eigenvalue weighted by molar-refractivity contribution is 6.11. The SMILES string of the molecule is O=C(c1ccccc1)c1ccc(C2CNCCO2)cc1[N+](=O)[O-]. The molecule has 0 radical (unpaired) electrons. The van der Waals surface area contributed by atoms with Crippen LogP contribution in [0.5, 0.6) is 0 Å². The molecule has 1 fully saturated rings. The molecule has 0 saturated carbocycles. The van der Waals surface area contributed by atoms with Crippen molar-refractivity contribution < 1.29 is 14.5 Å². The lowest BCUT2D eigenvalue weighted by Gasteiger charge is -2.24. The van der Waals surface area contributed by atoms with Gasteiger partial charge in [0.2, 0.25) is 0 Å². The van der Waals surface area contributed by atoms with Crippen LogP contribution in [0.3, 0.4) is 0 Å². The third kappa shape index (κ3) is 3.28. The van der Waals surface area contributed by atoms with Crippen LogP contribution in [0, 0.1) is 10.1 Å². The number of nitro groups is 1. The van der Waals surface area contributed by atoms with E-state index in [1.165, 1.54) is 12.1 Å². The molecule has 1 saturated heterocycles. The van der Waals surface area contributed by atoms with Crippen molar-refractivity contribution in [1.29, 1.82) is 0 Å². The first-order valence-electron chi connectivity index (χ1n) is 7.37. The molecule has 1 heterocycles. The fraction of sp³-hybridized carbons (Fsp3) is 0.235. The van der Waals surface area contributed by atoms with Gasteiger partial charge < -0.3 is 10.1 Å². The van der Waals surface area contributed by atoms with Crippen molar-refractivity contribution in [2.45, 2.75) is 6.10 Å². The molecule has 2 aromatic rings. The second-order valence-corrected chi connectivity index (χ2v) is 5.29. The highest BCUT2D eigenvalue weighted by atomic mass is 16.6. The van der Waals surface area contributed by atoms with Crippen LogP contribution in [0.2, 0.25) is 0 Å². The van der Waals surface area contributed by atoms with Crippen LogP contribution in [0.15, 0.2) is 48.5 Å². The van der Waals surface area contributed by atoms with E-state index in [-0.39, 0.29) is 23.1 Å². The van der Waals surface area contributed by atoms with E-state index >= 15 is 0 Å². The molecule has 6 nitrogen and oxygen atoms in total. The largest absolute Gasteiger partial charge is 0.371 e. The van der Waals surface area contributed by atoms with Crippen molar-refractivity contribution >= 4 is 11.5 Å². The molecule has 23 heavy (non-hydrogen) atoms. The smallest absolute Gasteiger partial charge is 0.280 e. The van der Waals surface area contributed by atoms with E-state index in [4.69, 9.17) is 4.74 Å². The number of hydrogen-bond acceptors (Lipinski definition) is 5. The van der Waals surface area contributed by atoms with Gasteiger partial charge in [-0.2, -0.15) is 0 Å². The van der Waals surface area contributed by atoms with Gasteiger partial charge in [0.1, 0.15) is 5.56 Å². The van der Waals surface area contributed by atoms with Crippen LogP contribution in [-0.4, -0.2) is 30.4 Å². The molecule has 0 aliphatic carbocycles. The molecule has 1 atom stereocenters. The highest BCUT2D eigenvalue weighted by Crippen LogP contribution is 2.28. The van der Waals surface area contributed by atoms with Gasteiger partial charge in [-0.15, -0.1) is 0 Å². The van der Waals surface area contributed by atoms with E-state index in [2.05, 4.69) is 5.32 Å². The first kappa shape index (κ1) is 15.3. The molecule has 2 aromatic carbocycles. The number of nitrogens with zero attached hydrogens (tertiary/aromatic N) is 1. The minimum atomic E-state index is -0.518. The number of ketones is 1. The van der Waals surface area contributed by atoms with E-state index in [1.54, 1.807) is 36.4 Å². The average molecular weight is 312 g/mol. The number of benzene rings is 2. The van der Waals surface area contributed by atoms with Gasteiger partial charge in [-0.05, 0) is 11.6 Å². The standard InChI is InChI=1S/C17H16N2O4/c20-17(12-4-2-1-3-5-12)14-7-6-13(10-15(14)19(21)22)16-11-18-8-9-23-16/h1-7,10,16,18H,8-9,11H2. The molecule has 118 valence electrons. The molecular weight excluding hydrogens is 296 g/mol. The fourth-order valence-corrected chi connectivity index (χ4v) is 2.62. The molecule has 0 aromatic heterocycles. The van der Waals surface area contributed by atoms with Gasteiger partial charge >= 0.3 is 0 Å². The zero-order valence-electron chi connectivity index (χ0n) is 12.4. The number of hydrogen-bond donors (Lipinski definition) is 1. The molecule has 3 rings (SSSR count). The second-order valence-electron chi connectivity index (χ2n) is 5.29. The third-order valence-electron chi connectivity index (χ3n) is 3.80. The minimum absolute atomic E-state index is 0.0914. The zero-order chi connectivity index (χ0) is 16.2. The van der Waals surface area contributed by atoms with Crippen LogP contribution >= 0.6 is 0 Å². The Balaban J connectivity index is 1.97. The van der Waals surface area contributed by atoms with Gasteiger partial charge in [-0.25, -0.2) is 0 Å². The Labute approximate surface area is 133 Å². The maximum Gasteiger partial charge on any atom is 0.280 e. The first-order chi connectivity index (χ1) is 11.2. The Bertz CT molecular complexity index is 725. The summed E-state index contributed by atoms with van der Waals surface area (Å²) in [6.07, 6.45) is -0.233. The Kier molecular flexibility index (Phi) is 4.45. The predicted octanol–water partition coefficient (Wildman–Crippen LogP) is 2.49. The molecule has 1 aliphatic rings. The van der Waals surface area contributed by atoms with Crippen molar-refractivity contribution in [3.63, 3.8) is 0 Å². The summed E-state index contributed by atoms with van der Waals surface area (Å²) >= 11 is 0. The Morgan fingerprint density at radius 2 is 2.00 bits per heavy atom. The normalized spacial score (nSPS) is 17.7. The van der Waals surface area contributed by atoms with Crippen LogP contribution in [0.4, 0.5) is 5.69 Å². The summed E-state index contributed by atoms with van der Waals surface area (Å²) < 4.78 is 5.61. The van der Waals surface area contributed by atoms with Gasteiger partial charge in [0, 0.05) is 24.7 Å². The maximum absolute atomic E-state index is 12.5. The van der Waals surface area contributed by atoms with E-state index < -0.39 is 4.92 Å². The van der Waals surface area contributed by atoms with Crippen molar-refractivity contribution in [3.05, 3.63) is 75.3 Å². The van der Waals surface area contributed by atoms with Crippen LogP contribution in [-0.2, 0) is 4.74 Å². The van der Waals surface area contributed by atoms with Gasteiger partial charge in [-0.1, -0.05) is 36.4 Å². The van der Waals surface area contributed by atoms with E-state index in [9.17, 15) is 14.9 Å². The average Bonchev–Trinajstić information content (AvgIpc) is 2.62. The lowest BCUT2D eigenvalue weighted by molar-refractivity contribution is -0.385. The van der Waals surface area contributed by atoms with Crippen molar-refractivity contribution in [1.82, 2.24) is 5.32 Å². The predicted molar refractivity (Wildman–Crippen MR) is 84.5 cm³/mol. The molecule has 1 aliphatic heterocycles. The van der Waals surface area contributed by atoms with Crippen LogP contribution < -0.4 is 5.32 Å². The van der Waals surface area contributed by atoms with Crippen LogP contribution in [0.25, 0.3) is 0 Å². The first-order valence-corrected chi connectivity index (χ1v) is 7.37. The minimum Gasteiger partial charge on any atom is -0.371 e. The molecule has 1 N–H and O–H groups in total. The summed E-state index contributed by atoms with van der Waals surface area (Å²) in [5.74, 6) is -0.355. The second kappa shape index (κ2) is 6.68. The number of ether oxygens (including phenoxy) is 1. The number of rotatable bonds is 4. The number of carbonyl (C=O) groups excluding carboxylic acids is 1. The van der Waals surface area contributed by atoms with Gasteiger partial charge in [-0.3, -0.25) is 14.9 Å². The topological polar surface area (TPSA) is 81.5 Å². The summed E-state index contributed by atoms with van der Waals surface area (Å²) in [5, 5.41) is 14.6. The molecule has 0 spiro atoms. The van der Waals surface area contributed by atoms with E-state index in [1.807, 2.05) is 0 Å². The quantitative estimate of drug-likeness (QED) is 0.533. The van der Waals surface area contributed by atoms with E-state index in [0.717, 1.165) is 6.54 Å². The summed E-state index contributed by atoms with van der Waals surface area (Å²) in [6.45, 7) is 1.93. The number of morpholine rings is 1. The van der Waals surface area contributed by atoms with Gasteiger partial charge in [0.05, 0.1) is 17.6 Å². The molecule has 1 unspecified atom stereocenters. The third-order valence-corrected chi connectivity index (χ3v) is 3.80. The van der Waals surface area contributed by atoms with Gasteiger partial charge in [0.25, 0.3) is 5.69 Å². The molecule has 6 heteroatoms. The molecular formula is C17H16N2O4. The van der Waals surface area contributed by atoms with Crippen molar-refractivity contribution in [2.75, 3.05) is 19.7 Å². The Morgan fingerprint density at radius 3 is 2.65 bits per heavy atom. The Hall–Kier alpha value is -2.57. The van der Waals surface area contributed by atoms with E-state index in [0.29, 0.717) is 24.3 Å². The maximum atomic E-state index is 12.5. The number of nitrogens with one attached hydrogen (secondary N) is 1. The van der Waals surface area contributed by atoms with Crippen molar-refractivity contribution in [3.8, 4) is 0 Å². The number of carbonyl (C=O) groups is 1. The van der Waals surface area contributed by atoms with Crippen LogP contribution in [0.1, 0.15) is 27.6 Å². The lowest BCUT2D eigenvalue weighted by Crippen LogP contribution is -2.33. The van der Waals surface area contributed by atoms with Gasteiger partial charge in [0.15, 0.2) is 5.78 Å². The zero-order valence-corrected chi connectivity index (χ0v) is 12.4. The fourth-order valence-electron chi connectivity index (χ4n) is 2.62. The highest BCUT2D eigenvalue weighted by Gasteiger charge is 2.25. The number of nitro benzene ring substituents is 1.